The maximum absolute atomic E-state index is 5.15. The second kappa shape index (κ2) is 10.1. The van der Waals surface area contributed by atoms with Gasteiger partial charge < -0.3 is 10.1 Å². The molecule has 1 N–H and O–H groups in total. The zero-order valence-electron chi connectivity index (χ0n) is 11.8. The largest absolute Gasteiger partial charge is 0.383 e. The highest BCUT2D eigenvalue weighted by atomic mass is 16.5. The maximum atomic E-state index is 5.15. The van der Waals surface area contributed by atoms with Gasteiger partial charge >= 0.3 is 0 Å². The monoisotopic (exact) mass is 230 g/mol. The molecule has 0 amide bonds. The van der Waals surface area contributed by atoms with Crippen molar-refractivity contribution in [3.05, 3.63) is 0 Å². The van der Waals surface area contributed by atoms with E-state index in [1.165, 1.54) is 12.8 Å². The van der Waals surface area contributed by atoms with Gasteiger partial charge in [-0.2, -0.15) is 0 Å². The first kappa shape index (κ1) is 15.9. The number of hydrogen-bond donors (Lipinski definition) is 1. The average Bonchev–Trinajstić information content (AvgIpc) is 2.26. The molecule has 0 aliphatic rings. The van der Waals surface area contributed by atoms with Crippen LogP contribution in [0.15, 0.2) is 0 Å². The van der Waals surface area contributed by atoms with Crippen molar-refractivity contribution < 1.29 is 4.74 Å². The van der Waals surface area contributed by atoms with Gasteiger partial charge in [-0.05, 0) is 32.9 Å². The molecule has 98 valence electrons. The van der Waals surface area contributed by atoms with E-state index in [1.807, 2.05) is 0 Å². The van der Waals surface area contributed by atoms with Gasteiger partial charge in [0.1, 0.15) is 0 Å². The second-order valence-electron chi connectivity index (χ2n) is 4.75. The van der Waals surface area contributed by atoms with Crippen molar-refractivity contribution in [2.45, 2.75) is 52.6 Å². The Bertz CT molecular complexity index is 151. The van der Waals surface area contributed by atoms with Gasteiger partial charge in [0, 0.05) is 25.7 Å². The van der Waals surface area contributed by atoms with Crippen LogP contribution in [0, 0.1) is 0 Å². The van der Waals surface area contributed by atoms with Crippen LogP contribution in [0.3, 0.4) is 0 Å². The summed E-state index contributed by atoms with van der Waals surface area (Å²) in [4.78, 5) is 2.52. The molecule has 0 saturated heterocycles. The second-order valence-corrected chi connectivity index (χ2v) is 4.75. The molecule has 0 aromatic carbocycles. The number of hydrogen-bond acceptors (Lipinski definition) is 3. The van der Waals surface area contributed by atoms with E-state index < -0.39 is 0 Å². The summed E-state index contributed by atoms with van der Waals surface area (Å²) in [5, 5.41) is 3.46. The summed E-state index contributed by atoms with van der Waals surface area (Å²) in [7, 11) is 1.77. The lowest BCUT2D eigenvalue weighted by Crippen LogP contribution is -2.37. The fourth-order valence-electron chi connectivity index (χ4n) is 1.69. The molecule has 1 unspecified atom stereocenters. The van der Waals surface area contributed by atoms with Gasteiger partial charge in [0.25, 0.3) is 0 Å². The smallest absolute Gasteiger partial charge is 0.0589 e. The molecule has 0 rings (SSSR count). The highest BCUT2D eigenvalue weighted by Crippen LogP contribution is 2.03. The molecule has 0 heterocycles. The SMILES string of the molecule is CCC(C)N(CCCNC(C)C)CCOC. The number of methoxy groups -OCH3 is 1. The van der Waals surface area contributed by atoms with Gasteiger partial charge in [-0.15, -0.1) is 0 Å². The van der Waals surface area contributed by atoms with E-state index in [9.17, 15) is 0 Å². The van der Waals surface area contributed by atoms with Crippen LogP contribution in [0.1, 0.15) is 40.5 Å². The van der Waals surface area contributed by atoms with Crippen LogP contribution < -0.4 is 5.32 Å². The Hall–Kier alpha value is -0.120. The molecule has 0 fully saturated rings. The van der Waals surface area contributed by atoms with E-state index in [2.05, 4.69) is 37.9 Å². The molecule has 1 atom stereocenters. The number of nitrogens with one attached hydrogen (secondary N) is 1. The zero-order chi connectivity index (χ0) is 12.4. The minimum atomic E-state index is 0.594. The summed E-state index contributed by atoms with van der Waals surface area (Å²) < 4.78 is 5.15. The Kier molecular flexibility index (Phi) is 9.99. The van der Waals surface area contributed by atoms with E-state index in [0.717, 1.165) is 26.2 Å². The van der Waals surface area contributed by atoms with Gasteiger partial charge in [0.2, 0.25) is 0 Å². The molecule has 0 aromatic rings. The molecule has 3 nitrogen and oxygen atoms in total. The topological polar surface area (TPSA) is 24.5 Å². The molecule has 0 aliphatic carbocycles. The van der Waals surface area contributed by atoms with E-state index in [4.69, 9.17) is 4.74 Å². The highest BCUT2D eigenvalue weighted by molar-refractivity contribution is 4.66. The molecule has 0 spiro atoms. The summed E-state index contributed by atoms with van der Waals surface area (Å²) in [5.74, 6) is 0. The van der Waals surface area contributed by atoms with Gasteiger partial charge in [-0.1, -0.05) is 20.8 Å². The van der Waals surface area contributed by atoms with Crippen LogP contribution in [-0.2, 0) is 4.74 Å². The van der Waals surface area contributed by atoms with Crippen molar-refractivity contribution >= 4 is 0 Å². The minimum absolute atomic E-state index is 0.594. The standard InChI is InChI=1S/C13H30N2O/c1-6-13(4)15(10-11-16-5)9-7-8-14-12(2)3/h12-14H,6-11H2,1-5H3. The summed E-state index contributed by atoms with van der Waals surface area (Å²) in [6, 6.07) is 1.25. The highest BCUT2D eigenvalue weighted by Gasteiger charge is 2.10. The lowest BCUT2D eigenvalue weighted by atomic mass is 10.2. The first-order valence-corrected chi connectivity index (χ1v) is 6.58. The predicted molar refractivity (Wildman–Crippen MR) is 71.0 cm³/mol. The summed E-state index contributed by atoms with van der Waals surface area (Å²) in [5.41, 5.74) is 0. The Balaban J connectivity index is 3.73. The Labute approximate surface area is 102 Å². The van der Waals surface area contributed by atoms with Gasteiger partial charge in [-0.3, -0.25) is 4.90 Å². The first-order chi connectivity index (χ1) is 7.61. The fourth-order valence-corrected chi connectivity index (χ4v) is 1.69. The molecule has 0 saturated carbocycles. The van der Waals surface area contributed by atoms with Crippen molar-refractivity contribution in [3.8, 4) is 0 Å². The van der Waals surface area contributed by atoms with Gasteiger partial charge in [-0.25, -0.2) is 0 Å². The third-order valence-electron chi connectivity index (χ3n) is 2.97. The molecular formula is C13H30N2O. The fraction of sp³-hybridized carbons (Fsp3) is 1.00. The summed E-state index contributed by atoms with van der Waals surface area (Å²) in [6.45, 7) is 13.1. The van der Waals surface area contributed by atoms with Crippen molar-refractivity contribution in [2.75, 3.05) is 33.4 Å². The van der Waals surface area contributed by atoms with E-state index in [0.29, 0.717) is 12.1 Å². The van der Waals surface area contributed by atoms with E-state index in [1.54, 1.807) is 7.11 Å². The number of ether oxygens (including phenoxy) is 1. The molecule has 16 heavy (non-hydrogen) atoms. The number of rotatable bonds is 10. The van der Waals surface area contributed by atoms with Crippen LogP contribution in [0.5, 0.6) is 0 Å². The number of nitrogens with zero attached hydrogens (tertiary/aromatic N) is 1. The van der Waals surface area contributed by atoms with E-state index >= 15 is 0 Å². The Morgan fingerprint density at radius 2 is 1.88 bits per heavy atom. The molecule has 0 radical (unpaired) electrons. The quantitative estimate of drug-likeness (QED) is 0.582. The molecular weight excluding hydrogens is 200 g/mol. The van der Waals surface area contributed by atoms with Gasteiger partial charge in [0.05, 0.1) is 6.61 Å². The van der Waals surface area contributed by atoms with Gasteiger partial charge in [0.15, 0.2) is 0 Å². The zero-order valence-corrected chi connectivity index (χ0v) is 11.8. The van der Waals surface area contributed by atoms with Crippen LogP contribution >= 0.6 is 0 Å². The summed E-state index contributed by atoms with van der Waals surface area (Å²) >= 11 is 0. The summed E-state index contributed by atoms with van der Waals surface area (Å²) in [6.07, 6.45) is 2.42. The third-order valence-corrected chi connectivity index (χ3v) is 2.97. The molecule has 0 bridgehead atoms. The lowest BCUT2D eigenvalue weighted by molar-refractivity contribution is 0.122. The Morgan fingerprint density at radius 1 is 1.19 bits per heavy atom. The lowest BCUT2D eigenvalue weighted by Gasteiger charge is -2.28. The van der Waals surface area contributed by atoms with Crippen molar-refractivity contribution in [1.82, 2.24) is 10.2 Å². The van der Waals surface area contributed by atoms with Crippen LogP contribution in [-0.4, -0.2) is 50.3 Å². The third kappa shape index (κ3) is 8.08. The molecule has 0 aliphatic heterocycles. The van der Waals surface area contributed by atoms with Crippen LogP contribution in [0.2, 0.25) is 0 Å². The normalized spacial score (nSPS) is 13.7. The van der Waals surface area contributed by atoms with E-state index in [-0.39, 0.29) is 0 Å². The predicted octanol–water partition coefficient (Wildman–Crippen LogP) is 2.12. The van der Waals surface area contributed by atoms with Crippen LogP contribution in [0.4, 0.5) is 0 Å². The molecule has 3 heteroatoms. The van der Waals surface area contributed by atoms with Crippen molar-refractivity contribution in [2.24, 2.45) is 0 Å². The van der Waals surface area contributed by atoms with Crippen molar-refractivity contribution in [3.63, 3.8) is 0 Å². The first-order valence-electron chi connectivity index (χ1n) is 6.58. The average molecular weight is 230 g/mol. The molecule has 0 aromatic heterocycles. The van der Waals surface area contributed by atoms with Crippen molar-refractivity contribution in [1.29, 1.82) is 0 Å². The maximum Gasteiger partial charge on any atom is 0.0589 e. The van der Waals surface area contributed by atoms with Crippen LogP contribution in [0.25, 0.3) is 0 Å². The minimum Gasteiger partial charge on any atom is -0.383 e. The Morgan fingerprint density at radius 3 is 2.38 bits per heavy atom.